The van der Waals surface area contributed by atoms with Crippen molar-refractivity contribution in [1.29, 1.82) is 0 Å². The van der Waals surface area contributed by atoms with Gasteiger partial charge in [0.05, 0.1) is 11.8 Å². The van der Waals surface area contributed by atoms with E-state index in [1.54, 1.807) is 0 Å². The summed E-state index contributed by atoms with van der Waals surface area (Å²) in [5, 5.41) is 4.64. The summed E-state index contributed by atoms with van der Waals surface area (Å²) < 4.78 is 0. The highest BCUT2D eigenvalue weighted by Gasteiger charge is 2.28. The lowest BCUT2D eigenvalue weighted by Gasteiger charge is -2.37. The Bertz CT molecular complexity index is 317. The van der Waals surface area contributed by atoms with Crippen molar-refractivity contribution >= 4 is 5.71 Å². The molecule has 3 nitrogen and oxygen atoms in total. The van der Waals surface area contributed by atoms with Crippen molar-refractivity contribution in [2.45, 2.75) is 89.2 Å². The fourth-order valence-corrected chi connectivity index (χ4v) is 4.02. The first-order chi connectivity index (χ1) is 9.93. The Morgan fingerprint density at radius 2 is 1.50 bits per heavy atom. The minimum atomic E-state index is 0.403. The molecular formula is C17H30N2O. The molecule has 1 unspecified atom stereocenters. The van der Waals surface area contributed by atoms with Crippen LogP contribution in [0.5, 0.6) is 0 Å². The number of oxime groups is 1. The fourth-order valence-electron chi connectivity index (χ4n) is 4.02. The van der Waals surface area contributed by atoms with Crippen molar-refractivity contribution in [2.75, 3.05) is 13.1 Å². The van der Waals surface area contributed by atoms with E-state index in [1.807, 2.05) is 0 Å². The van der Waals surface area contributed by atoms with E-state index in [1.165, 1.54) is 89.4 Å². The van der Waals surface area contributed by atoms with Crippen LogP contribution in [-0.2, 0) is 4.84 Å². The van der Waals surface area contributed by atoms with Crippen LogP contribution in [0.15, 0.2) is 5.16 Å². The van der Waals surface area contributed by atoms with Crippen LogP contribution in [-0.4, -0.2) is 35.8 Å². The Kier molecular flexibility index (Phi) is 5.35. The van der Waals surface area contributed by atoms with Crippen LogP contribution in [0, 0.1) is 0 Å². The molecule has 0 amide bonds. The molecular weight excluding hydrogens is 248 g/mol. The van der Waals surface area contributed by atoms with Crippen LogP contribution < -0.4 is 0 Å². The van der Waals surface area contributed by atoms with Crippen molar-refractivity contribution in [3.05, 3.63) is 0 Å². The predicted molar refractivity (Wildman–Crippen MR) is 83.1 cm³/mol. The van der Waals surface area contributed by atoms with E-state index in [9.17, 15) is 0 Å². The molecule has 114 valence electrons. The first-order valence-electron chi connectivity index (χ1n) is 8.90. The van der Waals surface area contributed by atoms with E-state index in [0.717, 1.165) is 6.42 Å². The molecule has 3 aliphatic rings. The maximum Gasteiger partial charge on any atom is 0.127 e. The number of piperidine rings is 1. The highest BCUT2D eigenvalue weighted by Crippen LogP contribution is 2.25. The van der Waals surface area contributed by atoms with Crippen molar-refractivity contribution in [1.82, 2.24) is 4.90 Å². The predicted octanol–water partition coefficient (Wildman–Crippen LogP) is 4.12. The SMILES string of the molecule is C1CCC(ON=C2CCCCC2N2CCCCC2)CC1. The first kappa shape index (κ1) is 14.4. The maximum absolute atomic E-state index is 5.90. The molecule has 1 heterocycles. The van der Waals surface area contributed by atoms with Gasteiger partial charge in [-0.2, -0.15) is 0 Å². The lowest BCUT2D eigenvalue weighted by molar-refractivity contribution is 0.0300. The fraction of sp³-hybridized carbons (Fsp3) is 0.941. The minimum absolute atomic E-state index is 0.403. The van der Waals surface area contributed by atoms with Gasteiger partial charge in [-0.3, -0.25) is 4.90 Å². The van der Waals surface area contributed by atoms with Gasteiger partial charge in [0.25, 0.3) is 0 Å². The highest BCUT2D eigenvalue weighted by molar-refractivity contribution is 5.89. The van der Waals surface area contributed by atoms with Crippen molar-refractivity contribution in [3.8, 4) is 0 Å². The Morgan fingerprint density at radius 1 is 0.800 bits per heavy atom. The molecule has 0 N–H and O–H groups in total. The Morgan fingerprint density at radius 3 is 2.30 bits per heavy atom. The normalized spacial score (nSPS) is 32.4. The molecule has 1 aliphatic heterocycles. The highest BCUT2D eigenvalue weighted by atomic mass is 16.6. The second-order valence-electron chi connectivity index (χ2n) is 6.81. The molecule has 3 heteroatoms. The summed E-state index contributed by atoms with van der Waals surface area (Å²) in [6.07, 6.45) is 16.1. The molecule has 0 radical (unpaired) electrons. The van der Waals surface area contributed by atoms with Gasteiger partial charge in [-0.15, -0.1) is 0 Å². The number of hydrogen-bond donors (Lipinski definition) is 0. The van der Waals surface area contributed by atoms with Gasteiger partial charge < -0.3 is 4.84 Å². The molecule has 3 rings (SSSR count). The van der Waals surface area contributed by atoms with Gasteiger partial charge in [0, 0.05) is 0 Å². The van der Waals surface area contributed by atoms with Crippen molar-refractivity contribution in [2.24, 2.45) is 5.16 Å². The van der Waals surface area contributed by atoms with Crippen molar-refractivity contribution in [3.63, 3.8) is 0 Å². The molecule has 2 aliphatic carbocycles. The quantitative estimate of drug-likeness (QED) is 0.725. The van der Waals surface area contributed by atoms with Gasteiger partial charge in [-0.25, -0.2) is 0 Å². The minimum Gasteiger partial charge on any atom is -0.393 e. The third kappa shape index (κ3) is 3.75. The zero-order chi connectivity index (χ0) is 13.6. The van der Waals surface area contributed by atoms with Crippen LogP contribution in [0.25, 0.3) is 0 Å². The Labute approximate surface area is 123 Å². The van der Waals surface area contributed by atoms with Gasteiger partial charge in [-0.1, -0.05) is 24.4 Å². The second kappa shape index (κ2) is 7.44. The molecule has 1 atom stereocenters. The molecule has 1 saturated heterocycles. The van der Waals surface area contributed by atoms with Crippen LogP contribution in [0.2, 0.25) is 0 Å². The summed E-state index contributed by atoms with van der Waals surface area (Å²) in [5.41, 5.74) is 1.35. The smallest absolute Gasteiger partial charge is 0.127 e. The molecule has 0 aromatic carbocycles. The number of hydrogen-bond acceptors (Lipinski definition) is 3. The lowest BCUT2D eigenvalue weighted by Crippen LogP contribution is -2.45. The van der Waals surface area contributed by atoms with Crippen LogP contribution in [0.1, 0.15) is 77.0 Å². The van der Waals surface area contributed by atoms with Crippen LogP contribution in [0.4, 0.5) is 0 Å². The van der Waals surface area contributed by atoms with E-state index in [2.05, 4.69) is 10.1 Å². The molecule has 3 fully saturated rings. The van der Waals surface area contributed by atoms with Gasteiger partial charge in [-0.05, 0) is 70.9 Å². The second-order valence-corrected chi connectivity index (χ2v) is 6.81. The zero-order valence-corrected chi connectivity index (χ0v) is 12.9. The first-order valence-corrected chi connectivity index (χ1v) is 8.90. The molecule has 0 bridgehead atoms. The van der Waals surface area contributed by atoms with Gasteiger partial charge in [0.2, 0.25) is 0 Å². The van der Waals surface area contributed by atoms with Gasteiger partial charge >= 0.3 is 0 Å². The molecule has 0 aromatic heterocycles. The zero-order valence-electron chi connectivity index (χ0n) is 12.9. The van der Waals surface area contributed by atoms with E-state index < -0.39 is 0 Å². The van der Waals surface area contributed by atoms with E-state index in [0.29, 0.717) is 12.1 Å². The Balaban J connectivity index is 1.58. The summed E-state index contributed by atoms with van der Waals surface area (Å²) in [5.74, 6) is 0. The standard InChI is InChI=1S/C17H30N2O/c1-3-9-15(10-4-1)20-18-16-11-5-6-12-17(16)19-13-7-2-8-14-19/h15,17H,1-14H2. The average molecular weight is 278 g/mol. The molecule has 20 heavy (non-hydrogen) atoms. The Hall–Kier alpha value is -0.570. The maximum atomic E-state index is 5.90. The van der Waals surface area contributed by atoms with E-state index in [-0.39, 0.29) is 0 Å². The number of nitrogens with zero attached hydrogens (tertiary/aromatic N) is 2. The monoisotopic (exact) mass is 278 g/mol. The number of rotatable bonds is 3. The molecule has 0 aromatic rings. The van der Waals surface area contributed by atoms with Crippen molar-refractivity contribution < 1.29 is 4.84 Å². The molecule has 2 saturated carbocycles. The summed E-state index contributed by atoms with van der Waals surface area (Å²) in [4.78, 5) is 8.58. The molecule has 0 spiro atoms. The largest absolute Gasteiger partial charge is 0.393 e. The summed E-state index contributed by atoms with van der Waals surface area (Å²) >= 11 is 0. The summed E-state index contributed by atoms with van der Waals surface area (Å²) in [6, 6.07) is 0.590. The van der Waals surface area contributed by atoms with E-state index >= 15 is 0 Å². The topological polar surface area (TPSA) is 24.8 Å². The summed E-state index contributed by atoms with van der Waals surface area (Å²) in [6.45, 7) is 2.54. The number of likely N-dealkylation sites (tertiary alicyclic amines) is 1. The van der Waals surface area contributed by atoms with Crippen LogP contribution >= 0.6 is 0 Å². The summed E-state index contributed by atoms with van der Waals surface area (Å²) in [7, 11) is 0. The average Bonchev–Trinajstić information content (AvgIpc) is 2.55. The van der Waals surface area contributed by atoms with Crippen LogP contribution in [0.3, 0.4) is 0 Å². The van der Waals surface area contributed by atoms with E-state index in [4.69, 9.17) is 4.84 Å². The lowest BCUT2D eigenvalue weighted by atomic mass is 9.91. The third-order valence-electron chi connectivity index (χ3n) is 5.25. The third-order valence-corrected chi connectivity index (χ3v) is 5.25. The van der Waals surface area contributed by atoms with Gasteiger partial charge in [0.15, 0.2) is 0 Å². The van der Waals surface area contributed by atoms with Gasteiger partial charge in [0.1, 0.15) is 6.10 Å².